The Labute approximate surface area is 183 Å². The second-order valence-corrected chi connectivity index (χ2v) is 8.65. The first-order chi connectivity index (χ1) is 14.6. The van der Waals surface area contributed by atoms with Crippen molar-refractivity contribution in [3.8, 4) is 0 Å². The van der Waals surface area contributed by atoms with Crippen LogP contribution in [-0.2, 0) is 11.3 Å². The van der Waals surface area contributed by atoms with Gasteiger partial charge in [-0.05, 0) is 68.6 Å². The number of halogens is 1. The number of anilines is 1. The van der Waals surface area contributed by atoms with Crippen LogP contribution in [0.1, 0.15) is 41.6 Å². The summed E-state index contributed by atoms with van der Waals surface area (Å²) in [4.78, 5) is 30.0. The number of para-hydroxylation sites is 1. The summed E-state index contributed by atoms with van der Waals surface area (Å²) in [6.07, 6.45) is 3.73. The molecule has 2 aliphatic heterocycles. The molecule has 1 N–H and O–H groups in total. The van der Waals surface area contributed by atoms with Crippen LogP contribution in [0.15, 0.2) is 48.5 Å². The lowest BCUT2D eigenvalue weighted by Crippen LogP contribution is -2.38. The quantitative estimate of drug-likeness (QED) is 0.771. The molecule has 2 aromatic rings. The van der Waals surface area contributed by atoms with Gasteiger partial charge in [-0.3, -0.25) is 14.5 Å². The second-order valence-electron chi connectivity index (χ2n) is 8.21. The van der Waals surface area contributed by atoms with Gasteiger partial charge < -0.3 is 10.2 Å². The first-order valence-corrected chi connectivity index (χ1v) is 11.1. The third-order valence-electron chi connectivity index (χ3n) is 6.06. The number of piperidine rings is 1. The molecule has 2 amide bonds. The average molecular weight is 426 g/mol. The number of hydrogen-bond acceptors (Lipinski definition) is 3. The lowest BCUT2D eigenvalue weighted by atomic mass is 9.95. The lowest BCUT2D eigenvalue weighted by Gasteiger charge is -2.31. The zero-order valence-electron chi connectivity index (χ0n) is 17.1. The highest BCUT2D eigenvalue weighted by molar-refractivity contribution is 6.30. The molecule has 158 valence electrons. The van der Waals surface area contributed by atoms with Crippen molar-refractivity contribution in [1.82, 2.24) is 9.80 Å². The monoisotopic (exact) mass is 425 g/mol. The van der Waals surface area contributed by atoms with Crippen LogP contribution in [0.5, 0.6) is 0 Å². The van der Waals surface area contributed by atoms with Gasteiger partial charge in [0.1, 0.15) is 0 Å². The number of carbonyl (C=O) groups excluding carboxylic acids is 2. The van der Waals surface area contributed by atoms with Crippen molar-refractivity contribution in [3.63, 3.8) is 0 Å². The molecule has 0 atom stereocenters. The molecular formula is C24H28ClN3O2. The first kappa shape index (κ1) is 20.9. The van der Waals surface area contributed by atoms with Crippen molar-refractivity contribution < 1.29 is 9.59 Å². The van der Waals surface area contributed by atoms with Crippen LogP contribution in [0.4, 0.5) is 5.69 Å². The largest absolute Gasteiger partial charge is 0.339 e. The van der Waals surface area contributed by atoms with Gasteiger partial charge in [0.2, 0.25) is 5.91 Å². The van der Waals surface area contributed by atoms with Crippen molar-refractivity contribution in [2.24, 2.45) is 5.92 Å². The van der Waals surface area contributed by atoms with Crippen LogP contribution in [0.2, 0.25) is 5.02 Å². The molecule has 2 aromatic carbocycles. The van der Waals surface area contributed by atoms with Crippen molar-refractivity contribution >= 4 is 29.1 Å². The van der Waals surface area contributed by atoms with Gasteiger partial charge in [0, 0.05) is 30.6 Å². The number of carbonyl (C=O) groups is 2. The minimum Gasteiger partial charge on any atom is -0.339 e. The molecule has 0 spiro atoms. The Balaban J connectivity index is 1.33. The Morgan fingerprint density at radius 2 is 1.70 bits per heavy atom. The van der Waals surface area contributed by atoms with Gasteiger partial charge in [0.15, 0.2) is 0 Å². The highest BCUT2D eigenvalue weighted by atomic mass is 35.5. The van der Waals surface area contributed by atoms with E-state index in [1.54, 1.807) is 0 Å². The molecule has 2 heterocycles. The molecule has 6 heteroatoms. The number of likely N-dealkylation sites (tertiary alicyclic amines) is 2. The van der Waals surface area contributed by atoms with Crippen LogP contribution in [-0.4, -0.2) is 47.8 Å². The lowest BCUT2D eigenvalue weighted by molar-refractivity contribution is -0.121. The van der Waals surface area contributed by atoms with E-state index in [0.717, 1.165) is 63.4 Å². The van der Waals surface area contributed by atoms with E-state index in [1.807, 2.05) is 47.4 Å². The number of hydrogen-bond donors (Lipinski definition) is 1. The molecule has 0 unspecified atom stereocenters. The summed E-state index contributed by atoms with van der Waals surface area (Å²) in [5.41, 5.74) is 2.41. The molecule has 4 rings (SSSR count). The third kappa shape index (κ3) is 5.02. The summed E-state index contributed by atoms with van der Waals surface area (Å²) in [6, 6.07) is 15.3. The van der Waals surface area contributed by atoms with Crippen LogP contribution in [0, 0.1) is 5.92 Å². The van der Waals surface area contributed by atoms with E-state index in [9.17, 15) is 9.59 Å². The summed E-state index contributed by atoms with van der Waals surface area (Å²) >= 11 is 6.08. The molecule has 30 heavy (non-hydrogen) atoms. The maximum atomic E-state index is 12.9. The topological polar surface area (TPSA) is 52.7 Å². The van der Waals surface area contributed by atoms with Crippen molar-refractivity contribution in [3.05, 3.63) is 64.7 Å². The maximum absolute atomic E-state index is 12.9. The second kappa shape index (κ2) is 9.63. The zero-order chi connectivity index (χ0) is 20.9. The number of nitrogens with zero attached hydrogens (tertiary/aromatic N) is 2. The molecule has 2 saturated heterocycles. The van der Waals surface area contributed by atoms with Gasteiger partial charge in [-0.25, -0.2) is 0 Å². The Kier molecular flexibility index (Phi) is 6.70. The summed E-state index contributed by atoms with van der Waals surface area (Å²) in [7, 11) is 0. The number of benzene rings is 2. The molecule has 5 nitrogen and oxygen atoms in total. The van der Waals surface area contributed by atoms with E-state index < -0.39 is 0 Å². The molecule has 2 fully saturated rings. The first-order valence-electron chi connectivity index (χ1n) is 10.8. The van der Waals surface area contributed by atoms with Crippen LogP contribution in [0.3, 0.4) is 0 Å². The van der Waals surface area contributed by atoms with E-state index in [2.05, 4.69) is 16.3 Å². The summed E-state index contributed by atoms with van der Waals surface area (Å²) in [5, 5.41) is 3.79. The van der Waals surface area contributed by atoms with E-state index in [1.165, 1.54) is 5.56 Å². The van der Waals surface area contributed by atoms with Crippen LogP contribution in [0.25, 0.3) is 0 Å². The van der Waals surface area contributed by atoms with Gasteiger partial charge in [0.05, 0.1) is 11.3 Å². The van der Waals surface area contributed by atoms with Gasteiger partial charge in [-0.15, -0.1) is 0 Å². The summed E-state index contributed by atoms with van der Waals surface area (Å²) in [5.74, 6) is -0.00521. The van der Waals surface area contributed by atoms with E-state index in [0.29, 0.717) is 11.3 Å². The van der Waals surface area contributed by atoms with Gasteiger partial charge in [0.25, 0.3) is 5.91 Å². The Morgan fingerprint density at radius 1 is 0.967 bits per heavy atom. The molecular weight excluding hydrogens is 398 g/mol. The average Bonchev–Trinajstić information content (AvgIpc) is 3.29. The molecule has 0 radical (unpaired) electrons. The van der Waals surface area contributed by atoms with Gasteiger partial charge >= 0.3 is 0 Å². The Morgan fingerprint density at radius 3 is 2.43 bits per heavy atom. The Hall–Kier alpha value is -2.37. The van der Waals surface area contributed by atoms with Crippen molar-refractivity contribution in [2.45, 2.75) is 32.2 Å². The van der Waals surface area contributed by atoms with E-state index >= 15 is 0 Å². The predicted molar refractivity (Wildman–Crippen MR) is 120 cm³/mol. The minimum absolute atomic E-state index is 0.0130. The predicted octanol–water partition coefficient (Wildman–Crippen LogP) is 4.43. The van der Waals surface area contributed by atoms with E-state index in [-0.39, 0.29) is 17.7 Å². The molecule has 0 aliphatic carbocycles. The third-order valence-corrected chi connectivity index (χ3v) is 6.30. The van der Waals surface area contributed by atoms with Crippen molar-refractivity contribution in [2.75, 3.05) is 31.5 Å². The van der Waals surface area contributed by atoms with Crippen LogP contribution < -0.4 is 5.32 Å². The highest BCUT2D eigenvalue weighted by Crippen LogP contribution is 2.24. The molecule has 0 aromatic heterocycles. The number of nitrogens with one attached hydrogen (secondary N) is 1. The highest BCUT2D eigenvalue weighted by Gasteiger charge is 2.27. The maximum Gasteiger partial charge on any atom is 0.255 e. The van der Waals surface area contributed by atoms with Gasteiger partial charge in [-0.2, -0.15) is 0 Å². The normalized spacial score (nSPS) is 17.8. The van der Waals surface area contributed by atoms with E-state index in [4.69, 9.17) is 11.6 Å². The fraction of sp³-hybridized carbons (Fsp3) is 0.417. The van der Waals surface area contributed by atoms with Crippen molar-refractivity contribution in [1.29, 1.82) is 0 Å². The molecule has 0 bridgehead atoms. The number of rotatable bonds is 5. The zero-order valence-corrected chi connectivity index (χ0v) is 17.9. The molecule has 2 aliphatic rings. The summed E-state index contributed by atoms with van der Waals surface area (Å²) in [6.45, 7) is 4.19. The fourth-order valence-corrected chi connectivity index (χ4v) is 4.56. The fourth-order valence-electron chi connectivity index (χ4n) is 4.35. The molecule has 0 saturated carbocycles. The number of amides is 2. The van der Waals surface area contributed by atoms with Gasteiger partial charge in [-0.1, -0.05) is 35.9 Å². The smallest absolute Gasteiger partial charge is 0.255 e. The Bertz CT molecular complexity index is 903. The minimum atomic E-state index is -0.0319. The SMILES string of the molecule is O=C(Nc1ccccc1C(=O)N1CCCC1)C1CCN(Cc2cccc(Cl)c2)CC1. The van der Waals surface area contributed by atoms with Crippen LogP contribution >= 0.6 is 11.6 Å². The standard InChI is InChI=1S/C24H28ClN3O2/c25-20-7-5-6-18(16-20)17-27-14-10-19(11-15-27)23(29)26-22-9-2-1-8-21(22)24(30)28-12-3-4-13-28/h1-2,5-9,16,19H,3-4,10-15,17H2,(H,26,29). The summed E-state index contributed by atoms with van der Waals surface area (Å²) < 4.78 is 0.